The molecule has 4 rings (SSSR count). The van der Waals surface area contributed by atoms with E-state index in [-0.39, 0.29) is 0 Å². The molecule has 0 spiro atoms. The van der Waals surface area contributed by atoms with Crippen LogP contribution in [0.5, 0.6) is 0 Å². The predicted molar refractivity (Wildman–Crippen MR) is 76.0 cm³/mol. The molecule has 0 radical (unpaired) electrons. The highest BCUT2D eigenvalue weighted by Gasteiger charge is 2.35. The van der Waals surface area contributed by atoms with Crippen molar-refractivity contribution in [1.82, 2.24) is 0 Å². The molecule has 7 nitrogen and oxygen atoms in total. The van der Waals surface area contributed by atoms with Crippen molar-refractivity contribution in [2.75, 3.05) is 0 Å². The first-order chi connectivity index (χ1) is 12.7. The number of amides is 2. The SMILES string of the molecule is O=C1N=NC(=O)c2c(F)ccc(F)c21.O=C1OC(=O)c2c(F)ccc(F)c21. The smallest absolute Gasteiger partial charge is 0.350 e. The fourth-order valence-corrected chi connectivity index (χ4v) is 2.30. The summed E-state index contributed by atoms with van der Waals surface area (Å²) in [6, 6.07) is 3.07. The number of esters is 2. The van der Waals surface area contributed by atoms with Crippen molar-refractivity contribution in [3.63, 3.8) is 0 Å². The molecule has 0 N–H and O–H groups in total. The Balaban J connectivity index is 0.000000156. The van der Waals surface area contributed by atoms with Gasteiger partial charge in [-0.2, -0.15) is 0 Å². The molecule has 0 aliphatic carbocycles. The maximum absolute atomic E-state index is 13.0. The maximum Gasteiger partial charge on any atom is 0.350 e. The van der Waals surface area contributed by atoms with Crippen molar-refractivity contribution in [1.29, 1.82) is 0 Å². The van der Waals surface area contributed by atoms with Crippen LogP contribution >= 0.6 is 0 Å². The van der Waals surface area contributed by atoms with Crippen LogP contribution in [0.4, 0.5) is 17.6 Å². The van der Waals surface area contributed by atoms with Gasteiger partial charge in [-0.05, 0) is 24.3 Å². The zero-order valence-electron chi connectivity index (χ0n) is 12.8. The molecule has 0 saturated heterocycles. The van der Waals surface area contributed by atoms with Gasteiger partial charge in [0, 0.05) is 0 Å². The molecule has 2 heterocycles. The van der Waals surface area contributed by atoms with Crippen LogP contribution in [-0.2, 0) is 4.74 Å². The molecule has 0 unspecified atom stereocenters. The number of hydrogen-bond donors (Lipinski definition) is 0. The van der Waals surface area contributed by atoms with E-state index < -0.39 is 69.3 Å². The third-order valence-electron chi connectivity index (χ3n) is 3.46. The second-order valence-corrected chi connectivity index (χ2v) is 5.05. The summed E-state index contributed by atoms with van der Waals surface area (Å²) in [6.07, 6.45) is 0. The molecular formula is C16H4F4N2O5. The molecule has 136 valence electrons. The first-order valence-corrected chi connectivity index (χ1v) is 6.95. The topological polar surface area (TPSA) is 102 Å². The van der Waals surface area contributed by atoms with Crippen LogP contribution in [0, 0.1) is 23.3 Å². The van der Waals surface area contributed by atoms with E-state index in [1.807, 2.05) is 0 Å². The lowest BCUT2D eigenvalue weighted by Crippen LogP contribution is -2.15. The summed E-state index contributed by atoms with van der Waals surface area (Å²) < 4.78 is 55.9. The van der Waals surface area contributed by atoms with Gasteiger partial charge in [0.2, 0.25) is 0 Å². The van der Waals surface area contributed by atoms with Crippen molar-refractivity contribution in [2.45, 2.75) is 0 Å². The third kappa shape index (κ3) is 2.99. The number of hydrogen-bond acceptors (Lipinski definition) is 5. The van der Waals surface area contributed by atoms with Crippen molar-refractivity contribution in [3.05, 3.63) is 69.8 Å². The summed E-state index contributed by atoms with van der Waals surface area (Å²) in [5.74, 6) is -8.22. The van der Waals surface area contributed by atoms with E-state index >= 15 is 0 Å². The Hall–Kier alpha value is -3.76. The first kappa shape index (κ1) is 18.0. The van der Waals surface area contributed by atoms with Gasteiger partial charge in [-0.25, -0.2) is 27.2 Å². The van der Waals surface area contributed by atoms with Crippen molar-refractivity contribution in [3.8, 4) is 0 Å². The Morgan fingerprint density at radius 1 is 0.556 bits per heavy atom. The minimum Gasteiger partial charge on any atom is -0.385 e. The van der Waals surface area contributed by atoms with Crippen LogP contribution < -0.4 is 0 Å². The molecule has 0 saturated carbocycles. The number of halogens is 4. The molecule has 2 aromatic rings. The summed E-state index contributed by atoms with van der Waals surface area (Å²) in [5.41, 5.74) is -2.54. The highest BCUT2D eigenvalue weighted by Crippen LogP contribution is 2.25. The zero-order chi connectivity index (χ0) is 19.9. The van der Waals surface area contributed by atoms with Crippen molar-refractivity contribution in [2.24, 2.45) is 10.2 Å². The number of rotatable bonds is 0. The molecule has 2 amide bonds. The quantitative estimate of drug-likeness (QED) is 0.397. The number of ether oxygens (including phenoxy) is 1. The van der Waals surface area contributed by atoms with Crippen LogP contribution in [0.2, 0.25) is 0 Å². The molecule has 27 heavy (non-hydrogen) atoms. The summed E-state index contributed by atoms with van der Waals surface area (Å²) >= 11 is 0. The molecule has 2 aliphatic heterocycles. The fourth-order valence-electron chi connectivity index (χ4n) is 2.30. The highest BCUT2D eigenvalue weighted by atomic mass is 19.1. The minimum absolute atomic E-state index is 0.620. The number of carbonyl (C=O) groups excluding carboxylic acids is 4. The van der Waals surface area contributed by atoms with Gasteiger partial charge in [-0.1, -0.05) is 0 Å². The molecule has 0 bridgehead atoms. The number of benzene rings is 2. The van der Waals surface area contributed by atoms with Gasteiger partial charge >= 0.3 is 11.9 Å². The van der Waals surface area contributed by atoms with Crippen molar-refractivity contribution >= 4 is 23.8 Å². The van der Waals surface area contributed by atoms with Crippen molar-refractivity contribution < 1.29 is 41.5 Å². The van der Waals surface area contributed by atoms with Gasteiger partial charge in [0.25, 0.3) is 11.8 Å². The van der Waals surface area contributed by atoms with E-state index in [0.717, 1.165) is 24.3 Å². The van der Waals surface area contributed by atoms with E-state index in [0.29, 0.717) is 0 Å². The predicted octanol–water partition coefficient (Wildman–Crippen LogP) is 2.99. The van der Waals surface area contributed by atoms with Gasteiger partial charge in [0.05, 0.1) is 11.1 Å². The molecule has 11 heteroatoms. The summed E-state index contributed by atoms with van der Waals surface area (Å²) in [7, 11) is 0. The van der Waals surface area contributed by atoms with E-state index in [2.05, 4.69) is 15.0 Å². The molecule has 0 fully saturated rings. The van der Waals surface area contributed by atoms with Gasteiger partial charge in [-0.15, -0.1) is 10.2 Å². The Morgan fingerprint density at radius 2 is 0.852 bits per heavy atom. The van der Waals surface area contributed by atoms with E-state index in [1.54, 1.807) is 0 Å². The second kappa shape index (κ2) is 6.52. The molecule has 0 atom stereocenters. The average Bonchev–Trinajstić information content (AvgIpc) is 2.93. The largest absolute Gasteiger partial charge is 0.385 e. The monoisotopic (exact) mass is 380 g/mol. The lowest BCUT2D eigenvalue weighted by Gasteiger charge is -2.07. The Labute approximate surface area is 146 Å². The average molecular weight is 380 g/mol. The highest BCUT2D eigenvalue weighted by molar-refractivity contribution is 6.15. The first-order valence-electron chi connectivity index (χ1n) is 6.95. The van der Waals surface area contributed by atoms with Gasteiger partial charge in [-0.3, -0.25) is 9.59 Å². The number of carbonyl (C=O) groups is 4. The standard InChI is InChI=1S/C8H2F2N2O2.C8H2F2O3/c9-3-1-2-4(10)6-5(3)7(13)11-12-8(6)14;9-3-1-2-4(10)6-5(3)7(11)13-8(6)12/h1-2H;1-2H. The summed E-state index contributed by atoms with van der Waals surface area (Å²) in [6.45, 7) is 0. The van der Waals surface area contributed by atoms with E-state index in [4.69, 9.17) is 0 Å². The Bertz CT molecular complexity index is 999. The Morgan fingerprint density at radius 3 is 1.19 bits per heavy atom. The zero-order valence-corrected chi connectivity index (χ0v) is 12.8. The lowest BCUT2D eigenvalue weighted by atomic mass is 10.0. The lowest BCUT2D eigenvalue weighted by molar-refractivity contribution is 0.0440. The van der Waals surface area contributed by atoms with Crippen LogP contribution in [0.1, 0.15) is 41.4 Å². The molecule has 2 aromatic carbocycles. The Kier molecular flexibility index (Phi) is 4.35. The van der Waals surface area contributed by atoms with Crippen LogP contribution in [-0.4, -0.2) is 23.8 Å². The van der Waals surface area contributed by atoms with Crippen LogP contribution in [0.25, 0.3) is 0 Å². The van der Waals surface area contributed by atoms with Gasteiger partial charge < -0.3 is 4.74 Å². The third-order valence-corrected chi connectivity index (χ3v) is 3.46. The maximum atomic E-state index is 13.0. The number of nitrogens with zero attached hydrogens (tertiary/aromatic N) is 2. The van der Waals surface area contributed by atoms with Crippen LogP contribution in [0.3, 0.4) is 0 Å². The number of cyclic esters (lactones) is 2. The van der Waals surface area contributed by atoms with Gasteiger partial charge in [0.1, 0.15) is 34.4 Å². The minimum atomic E-state index is -1.14. The normalized spacial score (nSPS) is 14.4. The molecular weight excluding hydrogens is 376 g/mol. The number of fused-ring (bicyclic) bond motifs is 2. The number of azo groups is 1. The van der Waals surface area contributed by atoms with Crippen LogP contribution in [0.15, 0.2) is 34.5 Å². The molecule has 2 aliphatic rings. The summed E-state index contributed by atoms with van der Waals surface area (Å²) in [5, 5.41) is 5.77. The fraction of sp³-hybridized carbons (Fsp3) is 0. The van der Waals surface area contributed by atoms with Gasteiger partial charge in [0.15, 0.2) is 0 Å². The molecule has 0 aromatic heterocycles. The van der Waals surface area contributed by atoms with E-state index in [9.17, 15) is 36.7 Å². The second-order valence-electron chi connectivity index (χ2n) is 5.05. The van der Waals surface area contributed by atoms with E-state index in [1.165, 1.54) is 0 Å². The summed E-state index contributed by atoms with van der Waals surface area (Å²) in [4.78, 5) is 43.6.